The minimum Gasteiger partial charge on any atom is -0.480 e. The van der Waals surface area contributed by atoms with Crippen LogP contribution in [0.3, 0.4) is 0 Å². The Morgan fingerprint density at radius 2 is 1.86 bits per heavy atom. The third kappa shape index (κ3) is 2.92. The third-order valence-electron chi connectivity index (χ3n) is 3.83. The smallest absolute Gasteiger partial charge is 0.264 e. The fourth-order valence-corrected chi connectivity index (χ4v) is 2.67. The molecule has 3 heteroatoms. The number of nitrogens with zero attached hydrogens (tertiary/aromatic N) is 1. The van der Waals surface area contributed by atoms with Gasteiger partial charge in [-0.3, -0.25) is 4.79 Å². The molecule has 3 nitrogen and oxygen atoms in total. The molecule has 1 atom stereocenters. The van der Waals surface area contributed by atoms with E-state index >= 15 is 0 Å². The number of ether oxygens (including phenoxy) is 1. The second-order valence-corrected chi connectivity index (χ2v) is 5.26. The molecular formula is C18H19NO2. The number of fused-ring (bicyclic) bond motifs is 1. The Hall–Kier alpha value is -2.29. The van der Waals surface area contributed by atoms with Gasteiger partial charge in [-0.05, 0) is 24.1 Å². The van der Waals surface area contributed by atoms with Gasteiger partial charge in [-0.15, -0.1) is 0 Å². The van der Waals surface area contributed by atoms with E-state index in [4.69, 9.17) is 4.74 Å². The normalized spacial score (nSPS) is 16.1. The molecule has 0 saturated carbocycles. The van der Waals surface area contributed by atoms with Crippen LogP contribution in [0.2, 0.25) is 0 Å². The zero-order valence-electron chi connectivity index (χ0n) is 12.2. The van der Waals surface area contributed by atoms with Crippen LogP contribution in [-0.2, 0) is 17.8 Å². The van der Waals surface area contributed by atoms with Crippen LogP contribution in [0.4, 0.5) is 0 Å². The number of carbonyl (C=O) groups excluding carboxylic acids is 1. The Kier molecular flexibility index (Phi) is 3.91. The second kappa shape index (κ2) is 6.00. The van der Waals surface area contributed by atoms with Crippen LogP contribution in [0.1, 0.15) is 18.1 Å². The first-order valence-electron chi connectivity index (χ1n) is 7.35. The van der Waals surface area contributed by atoms with Crippen LogP contribution in [0.25, 0.3) is 0 Å². The van der Waals surface area contributed by atoms with Crippen molar-refractivity contribution in [3.05, 3.63) is 65.7 Å². The van der Waals surface area contributed by atoms with Crippen molar-refractivity contribution in [1.82, 2.24) is 4.90 Å². The number of carbonyl (C=O) groups is 1. The minimum atomic E-state index is -0.383. The summed E-state index contributed by atoms with van der Waals surface area (Å²) in [4.78, 5) is 14.5. The lowest BCUT2D eigenvalue weighted by Crippen LogP contribution is -2.40. The van der Waals surface area contributed by atoms with E-state index in [0.29, 0.717) is 19.5 Å². The van der Waals surface area contributed by atoms with Crippen LogP contribution < -0.4 is 4.74 Å². The van der Waals surface area contributed by atoms with E-state index in [0.717, 1.165) is 16.9 Å². The molecule has 0 saturated heterocycles. The van der Waals surface area contributed by atoms with E-state index in [-0.39, 0.29) is 12.0 Å². The van der Waals surface area contributed by atoms with Crippen molar-refractivity contribution in [2.75, 3.05) is 6.54 Å². The molecule has 0 fully saturated rings. The zero-order valence-corrected chi connectivity index (χ0v) is 12.2. The maximum atomic E-state index is 12.7. The average Bonchev–Trinajstić information content (AvgIpc) is 2.97. The lowest BCUT2D eigenvalue weighted by molar-refractivity contribution is -0.138. The molecule has 1 aliphatic heterocycles. The van der Waals surface area contributed by atoms with Gasteiger partial charge in [0.2, 0.25) is 0 Å². The molecule has 2 aromatic rings. The van der Waals surface area contributed by atoms with Crippen molar-refractivity contribution in [3.8, 4) is 5.75 Å². The van der Waals surface area contributed by atoms with Gasteiger partial charge in [0, 0.05) is 19.5 Å². The summed E-state index contributed by atoms with van der Waals surface area (Å²) in [6.07, 6.45) is 0.284. The highest BCUT2D eigenvalue weighted by Crippen LogP contribution is 2.29. The largest absolute Gasteiger partial charge is 0.480 e. The molecule has 108 valence electrons. The monoisotopic (exact) mass is 281 g/mol. The minimum absolute atomic E-state index is 0.0672. The number of hydrogen-bond donors (Lipinski definition) is 0. The number of hydrogen-bond acceptors (Lipinski definition) is 2. The number of likely N-dealkylation sites (N-methyl/N-ethyl adjacent to an activating group) is 1. The SMILES string of the molecule is CCN(Cc1ccccc1)C(=O)C1Cc2ccccc2O1. The van der Waals surface area contributed by atoms with Crippen molar-refractivity contribution < 1.29 is 9.53 Å². The van der Waals surface area contributed by atoms with Gasteiger partial charge in [-0.25, -0.2) is 0 Å². The molecule has 1 unspecified atom stereocenters. The molecule has 0 bridgehead atoms. The van der Waals surface area contributed by atoms with Crippen LogP contribution >= 0.6 is 0 Å². The van der Waals surface area contributed by atoms with E-state index in [2.05, 4.69) is 0 Å². The highest BCUT2D eigenvalue weighted by Gasteiger charge is 2.31. The van der Waals surface area contributed by atoms with Gasteiger partial charge >= 0.3 is 0 Å². The maximum absolute atomic E-state index is 12.7. The van der Waals surface area contributed by atoms with E-state index in [9.17, 15) is 4.79 Å². The van der Waals surface area contributed by atoms with Gasteiger partial charge in [0.25, 0.3) is 5.91 Å². The summed E-state index contributed by atoms with van der Waals surface area (Å²) in [7, 11) is 0. The Balaban J connectivity index is 1.70. The van der Waals surface area contributed by atoms with Crippen molar-refractivity contribution in [2.45, 2.75) is 26.0 Å². The predicted octanol–water partition coefficient (Wildman–Crippen LogP) is 3.04. The van der Waals surface area contributed by atoms with E-state index in [1.165, 1.54) is 0 Å². The molecule has 0 aliphatic carbocycles. The number of benzene rings is 2. The first kappa shape index (κ1) is 13.7. The van der Waals surface area contributed by atoms with Gasteiger partial charge in [0.15, 0.2) is 6.10 Å². The lowest BCUT2D eigenvalue weighted by Gasteiger charge is -2.24. The number of amides is 1. The Morgan fingerprint density at radius 3 is 2.57 bits per heavy atom. The topological polar surface area (TPSA) is 29.5 Å². The van der Waals surface area contributed by atoms with Gasteiger partial charge in [0.1, 0.15) is 5.75 Å². The number of para-hydroxylation sites is 1. The molecule has 3 rings (SSSR count). The summed E-state index contributed by atoms with van der Waals surface area (Å²) >= 11 is 0. The zero-order chi connectivity index (χ0) is 14.7. The summed E-state index contributed by atoms with van der Waals surface area (Å²) in [5.74, 6) is 0.907. The summed E-state index contributed by atoms with van der Waals surface area (Å²) in [6.45, 7) is 3.32. The highest BCUT2D eigenvalue weighted by molar-refractivity contribution is 5.82. The van der Waals surface area contributed by atoms with Gasteiger partial charge in [-0.2, -0.15) is 0 Å². The third-order valence-corrected chi connectivity index (χ3v) is 3.83. The molecule has 21 heavy (non-hydrogen) atoms. The summed E-state index contributed by atoms with van der Waals surface area (Å²) in [5.41, 5.74) is 2.26. The average molecular weight is 281 g/mol. The highest BCUT2D eigenvalue weighted by atomic mass is 16.5. The molecule has 0 spiro atoms. The van der Waals surface area contributed by atoms with E-state index < -0.39 is 0 Å². The molecule has 0 radical (unpaired) electrons. The molecule has 1 amide bonds. The lowest BCUT2D eigenvalue weighted by atomic mass is 10.1. The van der Waals surface area contributed by atoms with Crippen molar-refractivity contribution in [2.24, 2.45) is 0 Å². The van der Waals surface area contributed by atoms with E-state index in [1.807, 2.05) is 66.4 Å². The van der Waals surface area contributed by atoms with Gasteiger partial charge in [-0.1, -0.05) is 48.5 Å². The first-order chi connectivity index (χ1) is 10.3. The summed E-state index contributed by atoms with van der Waals surface area (Å²) < 4.78 is 5.80. The quantitative estimate of drug-likeness (QED) is 0.862. The Labute approximate surface area is 125 Å². The first-order valence-corrected chi connectivity index (χ1v) is 7.35. The van der Waals surface area contributed by atoms with Crippen LogP contribution in [0.15, 0.2) is 54.6 Å². The molecule has 2 aromatic carbocycles. The fraction of sp³-hybridized carbons (Fsp3) is 0.278. The fourth-order valence-electron chi connectivity index (χ4n) is 2.67. The van der Waals surface area contributed by atoms with Crippen molar-refractivity contribution in [3.63, 3.8) is 0 Å². The van der Waals surface area contributed by atoms with Crippen LogP contribution in [0.5, 0.6) is 5.75 Å². The predicted molar refractivity (Wildman–Crippen MR) is 82.1 cm³/mol. The Morgan fingerprint density at radius 1 is 1.14 bits per heavy atom. The van der Waals surface area contributed by atoms with Crippen molar-refractivity contribution >= 4 is 5.91 Å². The maximum Gasteiger partial charge on any atom is 0.264 e. The summed E-state index contributed by atoms with van der Waals surface area (Å²) in [5, 5.41) is 0. The molecule has 0 N–H and O–H groups in total. The molecule has 0 aromatic heterocycles. The van der Waals surface area contributed by atoms with Gasteiger partial charge < -0.3 is 9.64 Å². The molecule has 1 aliphatic rings. The standard InChI is InChI=1S/C18H19NO2/c1-2-19(13-14-8-4-3-5-9-14)18(20)17-12-15-10-6-7-11-16(15)21-17/h3-11,17H,2,12-13H2,1H3. The Bertz CT molecular complexity index is 599. The summed E-state index contributed by atoms with van der Waals surface area (Å²) in [6, 6.07) is 17.9. The molecular weight excluding hydrogens is 262 g/mol. The number of rotatable bonds is 4. The van der Waals surface area contributed by atoms with Crippen LogP contribution in [-0.4, -0.2) is 23.5 Å². The second-order valence-electron chi connectivity index (χ2n) is 5.26. The van der Waals surface area contributed by atoms with Crippen molar-refractivity contribution in [1.29, 1.82) is 0 Å². The molecule has 1 heterocycles. The van der Waals surface area contributed by atoms with Crippen LogP contribution in [0, 0.1) is 0 Å². The van der Waals surface area contributed by atoms with E-state index in [1.54, 1.807) is 0 Å². The van der Waals surface area contributed by atoms with Gasteiger partial charge in [0.05, 0.1) is 0 Å².